The smallest absolute Gasteiger partial charge is 0.257 e. The Morgan fingerprint density at radius 1 is 0.778 bits per heavy atom. The standard InChI is InChI=1S/C23H18N3O/c1-27-20-14-12-19(13-15-20)26-24-23-21-10-6-5-7-17(21)11-16-22(23)25(26)18-8-3-2-4-9-18/h2-16H,1H3/q+1. The van der Waals surface area contributed by atoms with E-state index < -0.39 is 0 Å². The summed E-state index contributed by atoms with van der Waals surface area (Å²) in [5, 5.41) is 7.31. The molecule has 1 aromatic heterocycles. The van der Waals surface area contributed by atoms with Gasteiger partial charge in [-0.15, -0.1) is 4.68 Å². The minimum atomic E-state index is 0.826. The number of aromatic nitrogens is 3. The second-order valence-corrected chi connectivity index (χ2v) is 6.39. The van der Waals surface area contributed by atoms with Gasteiger partial charge in [-0.3, -0.25) is 0 Å². The molecule has 5 rings (SSSR count). The molecule has 0 fully saturated rings. The van der Waals surface area contributed by atoms with Crippen LogP contribution in [0.2, 0.25) is 0 Å². The summed E-state index contributed by atoms with van der Waals surface area (Å²) in [4.78, 5) is 1.95. The van der Waals surface area contributed by atoms with Crippen LogP contribution in [0, 0.1) is 0 Å². The average molecular weight is 352 g/mol. The van der Waals surface area contributed by atoms with E-state index in [2.05, 4.69) is 53.2 Å². The van der Waals surface area contributed by atoms with E-state index in [1.165, 1.54) is 5.39 Å². The summed E-state index contributed by atoms with van der Waals surface area (Å²) in [6, 6.07) is 30.9. The molecule has 27 heavy (non-hydrogen) atoms. The van der Waals surface area contributed by atoms with Gasteiger partial charge >= 0.3 is 0 Å². The number of hydrogen-bond acceptors (Lipinski definition) is 2. The molecule has 0 radical (unpaired) electrons. The zero-order chi connectivity index (χ0) is 18.2. The Kier molecular flexibility index (Phi) is 3.61. The topological polar surface area (TPSA) is 30.9 Å². The molecule has 0 aliphatic heterocycles. The fourth-order valence-corrected chi connectivity index (χ4v) is 3.47. The van der Waals surface area contributed by atoms with Gasteiger partial charge in [0.2, 0.25) is 5.52 Å². The van der Waals surface area contributed by atoms with E-state index >= 15 is 0 Å². The number of para-hydroxylation sites is 1. The second-order valence-electron chi connectivity index (χ2n) is 6.39. The molecule has 5 aromatic rings. The van der Waals surface area contributed by atoms with Crippen molar-refractivity contribution in [3.05, 3.63) is 91.0 Å². The molecule has 4 aromatic carbocycles. The van der Waals surface area contributed by atoms with Gasteiger partial charge < -0.3 is 4.74 Å². The highest BCUT2D eigenvalue weighted by atomic mass is 16.5. The van der Waals surface area contributed by atoms with E-state index in [-0.39, 0.29) is 0 Å². The highest BCUT2D eigenvalue weighted by molar-refractivity contribution is 6.02. The van der Waals surface area contributed by atoms with Gasteiger partial charge in [0.1, 0.15) is 11.4 Å². The third-order valence-corrected chi connectivity index (χ3v) is 4.80. The summed E-state index contributed by atoms with van der Waals surface area (Å²) in [6.07, 6.45) is 0. The van der Waals surface area contributed by atoms with Gasteiger partial charge in [-0.25, -0.2) is 0 Å². The minimum absolute atomic E-state index is 0.826. The molecule has 0 bridgehead atoms. The maximum absolute atomic E-state index is 5.30. The lowest BCUT2D eigenvalue weighted by atomic mass is 10.1. The summed E-state index contributed by atoms with van der Waals surface area (Å²) >= 11 is 0. The number of benzene rings is 4. The second kappa shape index (κ2) is 6.25. The van der Waals surface area contributed by atoms with Crippen LogP contribution in [0.1, 0.15) is 0 Å². The highest BCUT2D eigenvalue weighted by Gasteiger charge is 2.24. The third-order valence-electron chi connectivity index (χ3n) is 4.80. The van der Waals surface area contributed by atoms with Crippen molar-refractivity contribution in [3.8, 4) is 17.1 Å². The predicted molar refractivity (Wildman–Crippen MR) is 107 cm³/mol. The first kappa shape index (κ1) is 15.6. The Morgan fingerprint density at radius 3 is 2.30 bits per heavy atom. The number of hydrogen-bond donors (Lipinski definition) is 0. The average Bonchev–Trinajstić information content (AvgIpc) is 3.14. The highest BCUT2D eigenvalue weighted by Crippen LogP contribution is 2.24. The van der Waals surface area contributed by atoms with Crippen LogP contribution >= 0.6 is 0 Å². The van der Waals surface area contributed by atoms with Gasteiger partial charge in [0, 0.05) is 5.39 Å². The summed E-state index contributed by atoms with van der Waals surface area (Å²) in [7, 11) is 1.67. The van der Waals surface area contributed by atoms with Crippen molar-refractivity contribution >= 4 is 21.8 Å². The zero-order valence-electron chi connectivity index (χ0n) is 14.9. The van der Waals surface area contributed by atoms with Crippen LogP contribution in [0.25, 0.3) is 33.2 Å². The Morgan fingerprint density at radius 2 is 1.52 bits per heavy atom. The summed E-state index contributed by atoms with van der Waals surface area (Å²) in [6.45, 7) is 0. The molecule has 0 N–H and O–H groups in total. The quantitative estimate of drug-likeness (QED) is 0.449. The van der Waals surface area contributed by atoms with Crippen LogP contribution in [0.5, 0.6) is 5.75 Å². The van der Waals surface area contributed by atoms with E-state index in [1.807, 2.05) is 47.3 Å². The largest absolute Gasteiger partial charge is 0.497 e. The van der Waals surface area contributed by atoms with E-state index in [1.54, 1.807) is 7.11 Å². The van der Waals surface area contributed by atoms with Crippen molar-refractivity contribution in [2.45, 2.75) is 0 Å². The van der Waals surface area contributed by atoms with Crippen molar-refractivity contribution < 1.29 is 9.42 Å². The molecule has 0 amide bonds. The molecule has 0 saturated heterocycles. The SMILES string of the molecule is COc1ccc(-n2nc3c4ccccc4ccc3[n+]2-c2ccccc2)cc1. The maximum Gasteiger partial charge on any atom is 0.257 e. The molecular weight excluding hydrogens is 334 g/mol. The van der Waals surface area contributed by atoms with E-state index in [4.69, 9.17) is 9.84 Å². The van der Waals surface area contributed by atoms with E-state index in [9.17, 15) is 0 Å². The van der Waals surface area contributed by atoms with Gasteiger partial charge in [0.15, 0.2) is 5.69 Å². The molecule has 0 spiro atoms. The minimum Gasteiger partial charge on any atom is -0.497 e. The fraction of sp³-hybridized carbons (Fsp3) is 0.0435. The summed E-state index contributed by atoms with van der Waals surface area (Å²) in [5.74, 6) is 0.826. The molecule has 130 valence electrons. The number of methoxy groups -OCH3 is 1. The molecular formula is C23H18N3O+. The van der Waals surface area contributed by atoms with Crippen molar-refractivity contribution in [2.24, 2.45) is 0 Å². The number of nitrogens with zero attached hydrogens (tertiary/aromatic N) is 3. The number of rotatable bonds is 3. The summed E-state index contributed by atoms with van der Waals surface area (Å²) < 4.78 is 7.44. The molecule has 0 atom stereocenters. The monoisotopic (exact) mass is 352 g/mol. The lowest BCUT2D eigenvalue weighted by Gasteiger charge is -2.04. The lowest BCUT2D eigenvalue weighted by Crippen LogP contribution is -2.40. The molecule has 1 heterocycles. The van der Waals surface area contributed by atoms with Crippen LogP contribution in [0.3, 0.4) is 0 Å². The van der Waals surface area contributed by atoms with Crippen LogP contribution in [0.15, 0.2) is 91.0 Å². The number of fused-ring (bicyclic) bond motifs is 3. The third kappa shape index (κ3) is 2.54. The lowest BCUT2D eigenvalue weighted by molar-refractivity contribution is -0.655. The van der Waals surface area contributed by atoms with Crippen LogP contribution < -0.4 is 9.42 Å². The zero-order valence-corrected chi connectivity index (χ0v) is 14.9. The summed E-state index contributed by atoms with van der Waals surface area (Å²) in [5.41, 5.74) is 4.08. The van der Waals surface area contributed by atoms with Gasteiger partial charge in [-0.2, -0.15) is 0 Å². The van der Waals surface area contributed by atoms with Crippen molar-refractivity contribution in [3.63, 3.8) is 0 Å². The van der Waals surface area contributed by atoms with Gasteiger partial charge in [-0.05, 0) is 64.8 Å². The Balaban J connectivity index is 1.86. The van der Waals surface area contributed by atoms with Crippen LogP contribution in [-0.4, -0.2) is 17.0 Å². The molecule has 0 unspecified atom stereocenters. The Bertz CT molecular complexity index is 1240. The first-order valence-corrected chi connectivity index (χ1v) is 8.88. The van der Waals surface area contributed by atoms with Gasteiger partial charge in [-0.1, -0.05) is 36.4 Å². The Labute approximate surface area is 156 Å². The van der Waals surface area contributed by atoms with E-state index in [0.29, 0.717) is 0 Å². The Hall–Kier alpha value is -3.66. The van der Waals surface area contributed by atoms with Crippen LogP contribution in [-0.2, 0) is 0 Å². The molecule has 0 aliphatic rings. The number of ether oxygens (including phenoxy) is 1. The van der Waals surface area contributed by atoms with E-state index in [0.717, 1.165) is 33.5 Å². The first-order chi connectivity index (χ1) is 13.3. The normalized spacial score (nSPS) is 11.1. The predicted octanol–water partition coefficient (Wildman–Crippen LogP) is 4.46. The van der Waals surface area contributed by atoms with Crippen LogP contribution in [0.4, 0.5) is 0 Å². The van der Waals surface area contributed by atoms with Crippen molar-refractivity contribution in [1.82, 2.24) is 9.90 Å². The maximum atomic E-state index is 5.30. The fourth-order valence-electron chi connectivity index (χ4n) is 3.47. The van der Waals surface area contributed by atoms with Gasteiger partial charge in [0.05, 0.1) is 12.2 Å². The molecule has 4 heteroatoms. The molecule has 0 saturated carbocycles. The van der Waals surface area contributed by atoms with Crippen molar-refractivity contribution in [2.75, 3.05) is 7.11 Å². The van der Waals surface area contributed by atoms with Crippen molar-refractivity contribution in [1.29, 1.82) is 0 Å². The molecule has 0 aliphatic carbocycles. The van der Waals surface area contributed by atoms with Gasteiger partial charge in [0.25, 0.3) is 5.52 Å². The first-order valence-electron chi connectivity index (χ1n) is 8.88. The molecule has 4 nitrogen and oxygen atoms in total.